The molecule has 1 aromatic rings. The molecule has 0 radical (unpaired) electrons. The number of rotatable bonds is 5. The fourth-order valence-electron chi connectivity index (χ4n) is 1.07. The van der Waals surface area contributed by atoms with Crippen molar-refractivity contribution in [2.24, 2.45) is 5.73 Å². The largest absolute Gasteiger partial charge is 0.393 e. The lowest BCUT2D eigenvalue weighted by atomic mass is 10.2. The molecule has 1 rings (SSSR count). The van der Waals surface area contributed by atoms with E-state index in [4.69, 9.17) is 10.8 Å². The van der Waals surface area contributed by atoms with E-state index >= 15 is 0 Å². The minimum atomic E-state index is -0.203. The Morgan fingerprint density at radius 3 is 2.50 bits per heavy atom. The molecule has 0 spiro atoms. The van der Waals surface area contributed by atoms with Crippen LogP contribution in [-0.4, -0.2) is 17.0 Å². The van der Waals surface area contributed by atoms with Gasteiger partial charge < -0.3 is 10.8 Å². The van der Waals surface area contributed by atoms with Gasteiger partial charge in [-0.15, -0.1) is 11.8 Å². The lowest BCUT2D eigenvalue weighted by Gasteiger charge is -2.04. The Morgan fingerprint density at radius 1 is 1.36 bits per heavy atom. The van der Waals surface area contributed by atoms with Crippen LogP contribution in [0.3, 0.4) is 0 Å². The van der Waals surface area contributed by atoms with Gasteiger partial charge in [0, 0.05) is 17.2 Å². The van der Waals surface area contributed by atoms with Gasteiger partial charge in [0.2, 0.25) is 0 Å². The third kappa shape index (κ3) is 4.13. The quantitative estimate of drug-likeness (QED) is 0.732. The highest BCUT2D eigenvalue weighted by atomic mass is 32.2. The van der Waals surface area contributed by atoms with Crippen LogP contribution < -0.4 is 5.73 Å². The van der Waals surface area contributed by atoms with E-state index in [1.165, 1.54) is 4.90 Å². The molecular weight excluding hydrogens is 194 g/mol. The Hall–Kier alpha value is -0.510. The first kappa shape index (κ1) is 11.6. The van der Waals surface area contributed by atoms with Gasteiger partial charge in [0.05, 0.1) is 6.10 Å². The molecule has 0 saturated heterocycles. The van der Waals surface area contributed by atoms with Crippen molar-refractivity contribution in [3.05, 3.63) is 29.8 Å². The molecule has 0 aliphatic rings. The minimum absolute atomic E-state index is 0.203. The summed E-state index contributed by atoms with van der Waals surface area (Å²) in [6.45, 7) is 2.41. The van der Waals surface area contributed by atoms with Crippen LogP contribution in [0.5, 0.6) is 0 Å². The Morgan fingerprint density at radius 2 is 2.00 bits per heavy atom. The maximum atomic E-state index is 9.08. The van der Waals surface area contributed by atoms with E-state index in [1.54, 1.807) is 11.8 Å². The molecule has 0 saturated carbocycles. The summed E-state index contributed by atoms with van der Waals surface area (Å²) in [6, 6.07) is 8.25. The second kappa shape index (κ2) is 6.06. The van der Waals surface area contributed by atoms with Crippen molar-refractivity contribution in [1.29, 1.82) is 0 Å². The molecule has 1 unspecified atom stereocenters. The van der Waals surface area contributed by atoms with Crippen molar-refractivity contribution >= 4 is 11.8 Å². The first-order chi connectivity index (χ1) is 6.72. The molecule has 1 atom stereocenters. The van der Waals surface area contributed by atoms with Gasteiger partial charge in [-0.25, -0.2) is 0 Å². The number of hydrogen-bond acceptors (Lipinski definition) is 3. The standard InChI is InChI=1S/C11H17NOS/c1-9(13)6-7-14-11-4-2-10(8-12)3-5-11/h2-5,9,13H,6-8,12H2,1H3. The molecule has 0 heterocycles. The summed E-state index contributed by atoms with van der Waals surface area (Å²) in [5.74, 6) is 0.958. The highest BCUT2D eigenvalue weighted by Crippen LogP contribution is 2.19. The van der Waals surface area contributed by atoms with Gasteiger partial charge in [0.15, 0.2) is 0 Å². The number of aliphatic hydroxyl groups excluding tert-OH is 1. The van der Waals surface area contributed by atoms with Crippen LogP contribution in [0.4, 0.5) is 0 Å². The van der Waals surface area contributed by atoms with E-state index in [0.717, 1.165) is 17.7 Å². The Bertz CT molecular complexity index is 258. The lowest BCUT2D eigenvalue weighted by molar-refractivity contribution is 0.192. The molecule has 14 heavy (non-hydrogen) atoms. The number of aliphatic hydroxyl groups is 1. The molecule has 0 amide bonds. The summed E-state index contributed by atoms with van der Waals surface area (Å²) in [6.07, 6.45) is 0.634. The van der Waals surface area contributed by atoms with Crippen LogP contribution >= 0.6 is 11.8 Å². The van der Waals surface area contributed by atoms with Crippen LogP contribution in [0.25, 0.3) is 0 Å². The lowest BCUT2D eigenvalue weighted by Crippen LogP contribution is -2.00. The third-order valence-electron chi connectivity index (χ3n) is 1.96. The van der Waals surface area contributed by atoms with Gasteiger partial charge in [-0.3, -0.25) is 0 Å². The topological polar surface area (TPSA) is 46.2 Å². The third-order valence-corrected chi connectivity index (χ3v) is 3.01. The summed E-state index contributed by atoms with van der Waals surface area (Å²) in [7, 11) is 0. The molecule has 78 valence electrons. The first-order valence-corrected chi connectivity index (χ1v) is 5.81. The molecule has 2 nitrogen and oxygen atoms in total. The highest BCUT2D eigenvalue weighted by molar-refractivity contribution is 7.99. The number of nitrogens with two attached hydrogens (primary N) is 1. The van der Waals surface area contributed by atoms with E-state index in [2.05, 4.69) is 12.1 Å². The zero-order valence-electron chi connectivity index (χ0n) is 8.44. The van der Waals surface area contributed by atoms with Gasteiger partial charge in [0.1, 0.15) is 0 Å². The van der Waals surface area contributed by atoms with E-state index in [9.17, 15) is 0 Å². The van der Waals surface area contributed by atoms with Gasteiger partial charge in [0.25, 0.3) is 0 Å². The maximum Gasteiger partial charge on any atom is 0.0520 e. The van der Waals surface area contributed by atoms with Crippen molar-refractivity contribution in [2.45, 2.75) is 30.9 Å². The molecule has 3 N–H and O–H groups in total. The normalized spacial score (nSPS) is 12.8. The molecule has 3 heteroatoms. The first-order valence-electron chi connectivity index (χ1n) is 4.82. The van der Waals surface area contributed by atoms with Crippen LogP contribution in [0.15, 0.2) is 29.2 Å². The summed E-state index contributed by atoms with van der Waals surface area (Å²) in [4.78, 5) is 1.24. The minimum Gasteiger partial charge on any atom is -0.393 e. The predicted molar refractivity (Wildman–Crippen MR) is 61.4 cm³/mol. The van der Waals surface area contributed by atoms with E-state index in [1.807, 2.05) is 19.1 Å². The number of hydrogen-bond donors (Lipinski definition) is 2. The van der Waals surface area contributed by atoms with Crippen LogP contribution in [0.2, 0.25) is 0 Å². The SMILES string of the molecule is CC(O)CCSc1ccc(CN)cc1. The fraction of sp³-hybridized carbons (Fsp3) is 0.455. The highest BCUT2D eigenvalue weighted by Gasteiger charge is 1.97. The zero-order valence-corrected chi connectivity index (χ0v) is 9.26. The zero-order chi connectivity index (χ0) is 10.4. The van der Waals surface area contributed by atoms with Crippen molar-refractivity contribution in [1.82, 2.24) is 0 Å². The van der Waals surface area contributed by atoms with Gasteiger partial charge in [-0.1, -0.05) is 12.1 Å². The molecule has 0 bridgehead atoms. The summed E-state index contributed by atoms with van der Waals surface area (Å²) in [5.41, 5.74) is 6.66. The monoisotopic (exact) mass is 211 g/mol. The maximum absolute atomic E-state index is 9.08. The van der Waals surface area contributed by atoms with Gasteiger partial charge in [-0.05, 0) is 31.0 Å². The average Bonchev–Trinajstić information content (AvgIpc) is 2.18. The average molecular weight is 211 g/mol. The number of benzene rings is 1. The Kier molecular flexibility index (Phi) is 5.01. The van der Waals surface area contributed by atoms with Crippen LogP contribution in [-0.2, 0) is 6.54 Å². The Balaban J connectivity index is 2.36. The summed E-state index contributed by atoms with van der Waals surface area (Å²) >= 11 is 1.77. The predicted octanol–water partition coefficient (Wildman–Crippen LogP) is 2.01. The smallest absolute Gasteiger partial charge is 0.0520 e. The van der Waals surface area contributed by atoms with Crippen molar-refractivity contribution in [3.63, 3.8) is 0 Å². The van der Waals surface area contributed by atoms with E-state index < -0.39 is 0 Å². The van der Waals surface area contributed by atoms with Crippen molar-refractivity contribution in [2.75, 3.05) is 5.75 Å². The number of thioether (sulfide) groups is 1. The summed E-state index contributed by atoms with van der Waals surface area (Å²) in [5, 5.41) is 9.08. The Labute approximate surface area is 89.5 Å². The van der Waals surface area contributed by atoms with E-state index in [-0.39, 0.29) is 6.10 Å². The second-order valence-electron chi connectivity index (χ2n) is 3.33. The molecule has 0 aliphatic heterocycles. The molecule has 0 aromatic heterocycles. The molecule has 1 aromatic carbocycles. The fourth-order valence-corrected chi connectivity index (χ4v) is 2.09. The molecule has 0 fully saturated rings. The second-order valence-corrected chi connectivity index (χ2v) is 4.50. The molecular formula is C11H17NOS. The van der Waals surface area contributed by atoms with E-state index in [0.29, 0.717) is 6.54 Å². The van der Waals surface area contributed by atoms with Crippen LogP contribution in [0.1, 0.15) is 18.9 Å². The van der Waals surface area contributed by atoms with Gasteiger partial charge >= 0.3 is 0 Å². The van der Waals surface area contributed by atoms with Crippen LogP contribution in [0, 0.1) is 0 Å². The molecule has 0 aliphatic carbocycles. The van der Waals surface area contributed by atoms with Crippen molar-refractivity contribution < 1.29 is 5.11 Å². The van der Waals surface area contributed by atoms with Crippen molar-refractivity contribution in [3.8, 4) is 0 Å². The van der Waals surface area contributed by atoms with Gasteiger partial charge in [-0.2, -0.15) is 0 Å². The summed E-state index contributed by atoms with van der Waals surface area (Å²) < 4.78 is 0.